The van der Waals surface area contributed by atoms with Crippen LogP contribution in [0, 0.1) is 0 Å². The van der Waals surface area contributed by atoms with Crippen LogP contribution in [0.1, 0.15) is 6.42 Å². The van der Waals surface area contributed by atoms with E-state index in [0.717, 1.165) is 13.0 Å². The zero-order chi connectivity index (χ0) is 7.23. The summed E-state index contributed by atoms with van der Waals surface area (Å²) in [6, 6.07) is 0. The molecular formula is C4H10N6. The van der Waals surface area contributed by atoms with Gasteiger partial charge in [-0.25, -0.2) is 0 Å². The fourth-order valence-electron chi connectivity index (χ4n) is 0.539. The van der Waals surface area contributed by atoms with Crippen LogP contribution in [0.5, 0.6) is 0 Å². The first-order valence-corrected chi connectivity index (χ1v) is 3.11. The van der Waals surface area contributed by atoms with E-state index in [-0.39, 0.29) is 0 Å². The van der Waals surface area contributed by atoms with Crippen molar-refractivity contribution < 1.29 is 0 Å². The highest BCUT2D eigenvalue weighted by Gasteiger charge is 1.92. The number of anilines is 1. The van der Waals surface area contributed by atoms with Crippen LogP contribution >= 0.6 is 0 Å². The Kier molecular flexibility index (Phi) is 2.62. The number of aromatic amines is 1. The van der Waals surface area contributed by atoms with E-state index in [0.29, 0.717) is 12.5 Å². The molecule has 0 aliphatic heterocycles. The molecule has 0 unspecified atom stereocenters. The van der Waals surface area contributed by atoms with Gasteiger partial charge in [-0.05, 0) is 18.2 Å². The summed E-state index contributed by atoms with van der Waals surface area (Å²) in [5.41, 5.74) is 5.26. The molecule has 0 aliphatic carbocycles. The minimum absolute atomic E-state index is 0.522. The minimum atomic E-state index is 0.522. The van der Waals surface area contributed by atoms with Gasteiger partial charge in [0, 0.05) is 6.54 Å². The van der Waals surface area contributed by atoms with Crippen molar-refractivity contribution in [3.05, 3.63) is 0 Å². The van der Waals surface area contributed by atoms with Crippen molar-refractivity contribution in [2.45, 2.75) is 6.42 Å². The average Bonchev–Trinajstić information content (AvgIpc) is 2.41. The van der Waals surface area contributed by atoms with Gasteiger partial charge in [0.15, 0.2) is 0 Å². The first kappa shape index (κ1) is 6.94. The van der Waals surface area contributed by atoms with Crippen LogP contribution in [-0.4, -0.2) is 33.7 Å². The van der Waals surface area contributed by atoms with Gasteiger partial charge in [0.05, 0.1) is 0 Å². The van der Waals surface area contributed by atoms with Crippen molar-refractivity contribution in [3.8, 4) is 0 Å². The molecule has 0 atom stereocenters. The van der Waals surface area contributed by atoms with Crippen LogP contribution in [-0.2, 0) is 0 Å². The van der Waals surface area contributed by atoms with Crippen molar-refractivity contribution >= 4 is 5.95 Å². The second-order valence-corrected chi connectivity index (χ2v) is 1.80. The molecule has 1 heterocycles. The van der Waals surface area contributed by atoms with Crippen molar-refractivity contribution in [2.24, 2.45) is 5.73 Å². The third kappa shape index (κ3) is 1.98. The predicted molar refractivity (Wildman–Crippen MR) is 36.3 cm³/mol. The van der Waals surface area contributed by atoms with Crippen LogP contribution in [0.3, 0.4) is 0 Å². The van der Waals surface area contributed by atoms with E-state index in [2.05, 4.69) is 25.9 Å². The van der Waals surface area contributed by atoms with Gasteiger partial charge < -0.3 is 11.1 Å². The highest BCUT2D eigenvalue weighted by Crippen LogP contribution is 1.88. The number of nitrogens with one attached hydrogen (secondary N) is 2. The van der Waals surface area contributed by atoms with E-state index in [1.54, 1.807) is 0 Å². The van der Waals surface area contributed by atoms with Crippen molar-refractivity contribution in [2.75, 3.05) is 18.4 Å². The lowest BCUT2D eigenvalue weighted by molar-refractivity contribution is 0.864. The van der Waals surface area contributed by atoms with E-state index in [4.69, 9.17) is 5.73 Å². The lowest BCUT2D eigenvalue weighted by atomic mass is 10.4. The van der Waals surface area contributed by atoms with Gasteiger partial charge in [-0.3, -0.25) is 0 Å². The predicted octanol–water partition coefficient (Wildman–Crippen LogP) is -1.04. The zero-order valence-corrected chi connectivity index (χ0v) is 5.54. The Hall–Kier alpha value is -1.17. The molecule has 6 nitrogen and oxygen atoms in total. The molecule has 1 aromatic rings. The Morgan fingerprint density at radius 1 is 1.60 bits per heavy atom. The molecule has 0 saturated carbocycles. The van der Waals surface area contributed by atoms with Crippen LogP contribution in [0.4, 0.5) is 5.95 Å². The van der Waals surface area contributed by atoms with E-state index in [1.165, 1.54) is 0 Å². The summed E-state index contributed by atoms with van der Waals surface area (Å²) >= 11 is 0. The number of hydrogen-bond donors (Lipinski definition) is 3. The van der Waals surface area contributed by atoms with Crippen molar-refractivity contribution in [3.63, 3.8) is 0 Å². The second kappa shape index (κ2) is 3.78. The molecule has 1 rings (SSSR count). The average molecular weight is 142 g/mol. The summed E-state index contributed by atoms with van der Waals surface area (Å²) < 4.78 is 0. The Labute approximate surface area is 58.2 Å². The summed E-state index contributed by atoms with van der Waals surface area (Å²) in [5.74, 6) is 0.522. The normalized spacial score (nSPS) is 9.70. The first-order valence-electron chi connectivity index (χ1n) is 3.11. The van der Waals surface area contributed by atoms with E-state index in [9.17, 15) is 0 Å². The number of aromatic nitrogens is 4. The number of H-pyrrole nitrogens is 1. The Morgan fingerprint density at radius 2 is 2.50 bits per heavy atom. The number of hydrogen-bond acceptors (Lipinski definition) is 5. The first-order chi connectivity index (χ1) is 4.93. The number of rotatable bonds is 4. The lowest BCUT2D eigenvalue weighted by Crippen LogP contribution is -2.09. The molecule has 0 fully saturated rings. The van der Waals surface area contributed by atoms with Gasteiger partial charge >= 0.3 is 0 Å². The van der Waals surface area contributed by atoms with Crippen LogP contribution in [0.2, 0.25) is 0 Å². The van der Waals surface area contributed by atoms with Gasteiger partial charge in [0.1, 0.15) is 0 Å². The molecule has 0 bridgehead atoms. The highest BCUT2D eigenvalue weighted by atomic mass is 15.5. The Bertz CT molecular complexity index is 158. The molecular weight excluding hydrogens is 132 g/mol. The maximum absolute atomic E-state index is 5.26. The molecule has 6 heteroatoms. The molecule has 56 valence electrons. The molecule has 0 aliphatic rings. The highest BCUT2D eigenvalue weighted by molar-refractivity contribution is 5.17. The Morgan fingerprint density at radius 3 is 3.10 bits per heavy atom. The van der Waals surface area contributed by atoms with E-state index >= 15 is 0 Å². The topological polar surface area (TPSA) is 92.5 Å². The van der Waals surface area contributed by atoms with Crippen LogP contribution < -0.4 is 11.1 Å². The molecule has 0 spiro atoms. The van der Waals surface area contributed by atoms with Gasteiger partial charge in [0.25, 0.3) is 5.95 Å². The molecule has 0 amide bonds. The molecule has 1 aromatic heterocycles. The zero-order valence-electron chi connectivity index (χ0n) is 5.54. The number of nitrogens with two attached hydrogens (primary N) is 1. The summed E-state index contributed by atoms with van der Waals surface area (Å²) in [5, 5.41) is 16.0. The molecule has 0 aromatic carbocycles. The second-order valence-electron chi connectivity index (χ2n) is 1.80. The quantitative estimate of drug-likeness (QED) is 0.467. The van der Waals surface area contributed by atoms with Crippen molar-refractivity contribution in [1.82, 2.24) is 20.6 Å². The fraction of sp³-hybridized carbons (Fsp3) is 0.750. The van der Waals surface area contributed by atoms with Crippen LogP contribution in [0.15, 0.2) is 0 Å². The molecule has 0 saturated heterocycles. The maximum atomic E-state index is 5.26. The third-order valence-electron chi connectivity index (χ3n) is 1.01. The van der Waals surface area contributed by atoms with Crippen molar-refractivity contribution in [1.29, 1.82) is 0 Å². The number of nitrogens with zero attached hydrogens (tertiary/aromatic N) is 3. The molecule has 10 heavy (non-hydrogen) atoms. The van der Waals surface area contributed by atoms with Gasteiger partial charge in [0.2, 0.25) is 0 Å². The van der Waals surface area contributed by atoms with E-state index in [1.807, 2.05) is 0 Å². The lowest BCUT2D eigenvalue weighted by Gasteiger charge is -1.96. The summed E-state index contributed by atoms with van der Waals surface area (Å²) in [7, 11) is 0. The number of tetrazole rings is 1. The summed E-state index contributed by atoms with van der Waals surface area (Å²) in [6.07, 6.45) is 0.911. The minimum Gasteiger partial charge on any atom is -0.352 e. The van der Waals surface area contributed by atoms with Gasteiger partial charge in [-0.15, -0.1) is 5.10 Å². The Balaban J connectivity index is 2.15. The van der Waals surface area contributed by atoms with Gasteiger partial charge in [-0.2, -0.15) is 5.21 Å². The molecule has 4 N–H and O–H groups in total. The SMILES string of the molecule is NCCCNc1nn[nH]n1. The smallest absolute Gasteiger partial charge is 0.263 e. The van der Waals surface area contributed by atoms with Gasteiger partial charge in [-0.1, -0.05) is 5.10 Å². The summed E-state index contributed by atoms with van der Waals surface area (Å²) in [4.78, 5) is 0. The third-order valence-corrected chi connectivity index (χ3v) is 1.01. The molecule has 0 radical (unpaired) electrons. The maximum Gasteiger partial charge on any atom is 0.263 e. The summed E-state index contributed by atoms with van der Waals surface area (Å²) in [6.45, 7) is 1.46. The van der Waals surface area contributed by atoms with E-state index < -0.39 is 0 Å². The largest absolute Gasteiger partial charge is 0.352 e. The monoisotopic (exact) mass is 142 g/mol. The standard InChI is InChI=1S/C4H10N6/c5-2-1-3-6-4-7-9-10-8-4/h1-3,5H2,(H2,6,7,8,9,10). The fourth-order valence-corrected chi connectivity index (χ4v) is 0.539. The van der Waals surface area contributed by atoms with Crippen LogP contribution in [0.25, 0.3) is 0 Å².